The quantitative estimate of drug-likeness (QED) is 0.851. The van der Waals surface area contributed by atoms with Gasteiger partial charge in [-0.25, -0.2) is 9.97 Å². The molecule has 0 radical (unpaired) electrons. The third kappa shape index (κ3) is 3.81. The Kier molecular flexibility index (Phi) is 5.02. The molecule has 1 heterocycles. The molecule has 1 aromatic rings. The summed E-state index contributed by atoms with van der Waals surface area (Å²) < 4.78 is 0.940. The van der Waals surface area contributed by atoms with E-state index in [2.05, 4.69) is 50.4 Å². The molecule has 19 heavy (non-hydrogen) atoms. The first kappa shape index (κ1) is 14.6. The van der Waals surface area contributed by atoms with Crippen LogP contribution in [0.25, 0.3) is 0 Å². The summed E-state index contributed by atoms with van der Waals surface area (Å²) >= 11 is 3.61. The molecule has 0 amide bonds. The van der Waals surface area contributed by atoms with Crippen LogP contribution in [-0.4, -0.2) is 22.1 Å². The summed E-state index contributed by atoms with van der Waals surface area (Å²) in [4.78, 5) is 8.66. The molecule has 1 aliphatic rings. The van der Waals surface area contributed by atoms with E-state index in [1.165, 1.54) is 32.1 Å². The SMILES string of the molecule is CCCNc1ncnc(NC2(C)CCCCC2)c1Br. The Hall–Kier alpha value is -0.840. The van der Waals surface area contributed by atoms with Crippen molar-refractivity contribution in [2.24, 2.45) is 0 Å². The first-order valence-corrected chi connectivity index (χ1v) is 7.96. The van der Waals surface area contributed by atoms with Gasteiger partial charge in [-0.15, -0.1) is 0 Å². The molecule has 0 aliphatic heterocycles. The van der Waals surface area contributed by atoms with Gasteiger partial charge in [-0.2, -0.15) is 0 Å². The molecular weight excluding hydrogens is 304 g/mol. The summed E-state index contributed by atoms with van der Waals surface area (Å²) in [6.45, 7) is 5.36. The smallest absolute Gasteiger partial charge is 0.146 e. The first-order chi connectivity index (χ1) is 9.14. The maximum Gasteiger partial charge on any atom is 0.146 e. The van der Waals surface area contributed by atoms with Crippen LogP contribution in [0, 0.1) is 0 Å². The van der Waals surface area contributed by atoms with Gasteiger partial charge in [-0.3, -0.25) is 0 Å². The van der Waals surface area contributed by atoms with E-state index in [4.69, 9.17) is 0 Å². The fraction of sp³-hybridized carbons (Fsp3) is 0.714. The van der Waals surface area contributed by atoms with Crippen LogP contribution in [0.5, 0.6) is 0 Å². The Morgan fingerprint density at radius 3 is 2.58 bits per heavy atom. The summed E-state index contributed by atoms with van der Waals surface area (Å²) in [7, 11) is 0. The summed E-state index contributed by atoms with van der Waals surface area (Å²) in [5.41, 5.74) is 0.164. The zero-order valence-corrected chi connectivity index (χ0v) is 13.4. The second kappa shape index (κ2) is 6.55. The van der Waals surface area contributed by atoms with E-state index < -0.39 is 0 Å². The number of hydrogen-bond acceptors (Lipinski definition) is 4. The van der Waals surface area contributed by atoms with Gasteiger partial charge in [-0.1, -0.05) is 26.2 Å². The number of halogens is 1. The monoisotopic (exact) mass is 326 g/mol. The molecule has 2 N–H and O–H groups in total. The Morgan fingerprint density at radius 2 is 1.89 bits per heavy atom. The molecule has 0 unspecified atom stereocenters. The van der Waals surface area contributed by atoms with Gasteiger partial charge < -0.3 is 10.6 Å². The van der Waals surface area contributed by atoms with Gasteiger partial charge in [0.25, 0.3) is 0 Å². The fourth-order valence-corrected chi connectivity index (χ4v) is 3.01. The van der Waals surface area contributed by atoms with Crippen LogP contribution in [0.2, 0.25) is 0 Å². The van der Waals surface area contributed by atoms with E-state index in [-0.39, 0.29) is 5.54 Å². The molecule has 0 bridgehead atoms. The van der Waals surface area contributed by atoms with E-state index in [0.717, 1.165) is 29.1 Å². The van der Waals surface area contributed by atoms with E-state index in [1.807, 2.05) is 0 Å². The lowest BCUT2D eigenvalue weighted by Gasteiger charge is -2.35. The minimum absolute atomic E-state index is 0.164. The molecule has 0 atom stereocenters. The van der Waals surface area contributed by atoms with Crippen molar-refractivity contribution in [1.29, 1.82) is 0 Å². The minimum Gasteiger partial charge on any atom is -0.369 e. The number of aromatic nitrogens is 2. The molecule has 0 saturated heterocycles. The predicted octanol–water partition coefficient (Wildman–Crippen LogP) is 4.20. The van der Waals surface area contributed by atoms with Crippen LogP contribution >= 0.6 is 15.9 Å². The van der Waals surface area contributed by atoms with Crippen molar-refractivity contribution in [2.75, 3.05) is 17.2 Å². The van der Waals surface area contributed by atoms with Gasteiger partial charge in [0.2, 0.25) is 0 Å². The molecule has 1 aliphatic carbocycles. The van der Waals surface area contributed by atoms with Crippen LogP contribution in [0.3, 0.4) is 0 Å². The fourth-order valence-electron chi connectivity index (χ4n) is 2.57. The lowest BCUT2D eigenvalue weighted by molar-refractivity contribution is 0.348. The summed E-state index contributed by atoms with van der Waals surface area (Å²) in [6, 6.07) is 0. The maximum atomic E-state index is 4.38. The second-order valence-corrected chi connectivity index (χ2v) is 6.35. The highest BCUT2D eigenvalue weighted by Crippen LogP contribution is 2.34. The van der Waals surface area contributed by atoms with Crippen LogP contribution in [0.4, 0.5) is 11.6 Å². The number of nitrogens with zero attached hydrogens (tertiary/aromatic N) is 2. The van der Waals surface area contributed by atoms with E-state index in [1.54, 1.807) is 6.33 Å². The maximum absolute atomic E-state index is 4.38. The van der Waals surface area contributed by atoms with Crippen molar-refractivity contribution in [3.8, 4) is 0 Å². The average Bonchev–Trinajstić information content (AvgIpc) is 2.40. The zero-order chi connectivity index (χ0) is 13.7. The second-order valence-electron chi connectivity index (χ2n) is 5.56. The molecule has 1 aromatic heterocycles. The molecule has 106 valence electrons. The topological polar surface area (TPSA) is 49.8 Å². The summed E-state index contributed by atoms with van der Waals surface area (Å²) in [5.74, 6) is 1.77. The highest BCUT2D eigenvalue weighted by Gasteiger charge is 2.27. The lowest BCUT2D eigenvalue weighted by Crippen LogP contribution is -2.37. The number of rotatable bonds is 5. The molecule has 1 saturated carbocycles. The number of hydrogen-bond donors (Lipinski definition) is 2. The van der Waals surface area contributed by atoms with Crippen molar-refractivity contribution in [3.63, 3.8) is 0 Å². The largest absolute Gasteiger partial charge is 0.369 e. The van der Waals surface area contributed by atoms with Gasteiger partial charge in [-0.05, 0) is 42.1 Å². The van der Waals surface area contributed by atoms with Crippen molar-refractivity contribution >= 4 is 27.6 Å². The normalized spacial score (nSPS) is 18.1. The lowest BCUT2D eigenvalue weighted by atomic mass is 9.83. The van der Waals surface area contributed by atoms with Gasteiger partial charge in [0, 0.05) is 12.1 Å². The van der Waals surface area contributed by atoms with E-state index in [9.17, 15) is 0 Å². The van der Waals surface area contributed by atoms with E-state index >= 15 is 0 Å². The Morgan fingerprint density at radius 1 is 1.21 bits per heavy atom. The molecule has 5 heteroatoms. The molecular formula is C14H23BrN4. The minimum atomic E-state index is 0.164. The first-order valence-electron chi connectivity index (χ1n) is 7.17. The molecule has 2 rings (SSSR count). The Labute approximate surface area is 123 Å². The third-order valence-electron chi connectivity index (χ3n) is 3.71. The molecule has 0 spiro atoms. The van der Waals surface area contributed by atoms with Gasteiger partial charge >= 0.3 is 0 Å². The van der Waals surface area contributed by atoms with Crippen LogP contribution < -0.4 is 10.6 Å². The van der Waals surface area contributed by atoms with Crippen LogP contribution in [0.15, 0.2) is 10.8 Å². The van der Waals surface area contributed by atoms with Crippen molar-refractivity contribution in [1.82, 2.24) is 9.97 Å². The summed E-state index contributed by atoms with van der Waals surface area (Å²) in [6.07, 6.45) is 9.07. The highest BCUT2D eigenvalue weighted by atomic mass is 79.9. The van der Waals surface area contributed by atoms with Crippen LogP contribution in [-0.2, 0) is 0 Å². The molecule has 4 nitrogen and oxygen atoms in total. The van der Waals surface area contributed by atoms with Crippen LogP contribution in [0.1, 0.15) is 52.4 Å². The van der Waals surface area contributed by atoms with Gasteiger partial charge in [0.05, 0.1) is 0 Å². The van der Waals surface area contributed by atoms with Gasteiger partial charge in [0.1, 0.15) is 22.4 Å². The molecule has 1 fully saturated rings. The Balaban J connectivity index is 2.11. The molecule has 0 aromatic carbocycles. The Bertz CT molecular complexity index is 416. The predicted molar refractivity (Wildman–Crippen MR) is 83.6 cm³/mol. The number of nitrogens with one attached hydrogen (secondary N) is 2. The standard InChI is InChI=1S/C14H23BrN4/c1-3-9-16-12-11(15)13(18-10-17-12)19-14(2)7-5-4-6-8-14/h10H,3-9H2,1-2H3,(H2,16,17,18,19). The third-order valence-corrected chi connectivity index (χ3v) is 4.46. The average molecular weight is 327 g/mol. The number of anilines is 2. The summed E-state index contributed by atoms with van der Waals surface area (Å²) in [5, 5.41) is 6.92. The van der Waals surface area contributed by atoms with Crippen molar-refractivity contribution in [2.45, 2.75) is 57.9 Å². The highest BCUT2D eigenvalue weighted by molar-refractivity contribution is 9.10. The van der Waals surface area contributed by atoms with E-state index in [0.29, 0.717) is 0 Å². The van der Waals surface area contributed by atoms with Gasteiger partial charge in [0.15, 0.2) is 0 Å². The van der Waals surface area contributed by atoms with Crippen molar-refractivity contribution in [3.05, 3.63) is 10.8 Å². The zero-order valence-electron chi connectivity index (χ0n) is 11.8. The van der Waals surface area contributed by atoms with Crippen molar-refractivity contribution < 1.29 is 0 Å².